The van der Waals surface area contributed by atoms with Gasteiger partial charge in [-0.05, 0) is 18.9 Å². The molecule has 0 radical (unpaired) electrons. The first-order valence-corrected chi connectivity index (χ1v) is 6.82. The molecule has 2 amide bonds. The number of hydrogen-bond donors (Lipinski definition) is 2. The fourth-order valence-electron chi connectivity index (χ4n) is 2.16. The van der Waals surface area contributed by atoms with Gasteiger partial charge < -0.3 is 15.3 Å². The monoisotopic (exact) mass is 287 g/mol. The molecule has 1 aromatic heterocycles. The summed E-state index contributed by atoms with van der Waals surface area (Å²) < 4.78 is 0. The molecule has 6 nitrogen and oxygen atoms in total. The number of amides is 2. The van der Waals surface area contributed by atoms with Crippen LogP contribution in [0.25, 0.3) is 0 Å². The molecule has 0 saturated carbocycles. The predicted octanol–water partition coefficient (Wildman–Crippen LogP) is -0.222. The van der Waals surface area contributed by atoms with Gasteiger partial charge in [0.25, 0.3) is 5.91 Å². The number of aromatic nitrogens is 1. The van der Waals surface area contributed by atoms with Crippen LogP contribution in [0.1, 0.15) is 28.8 Å². The first-order chi connectivity index (χ1) is 10.2. The van der Waals surface area contributed by atoms with Gasteiger partial charge in [-0.3, -0.25) is 14.6 Å². The Morgan fingerprint density at radius 3 is 2.86 bits per heavy atom. The van der Waals surface area contributed by atoms with Gasteiger partial charge >= 0.3 is 0 Å². The Kier molecular flexibility index (Phi) is 5.29. The van der Waals surface area contributed by atoms with Crippen LogP contribution in [0, 0.1) is 11.8 Å². The lowest BCUT2D eigenvalue weighted by Gasteiger charge is -2.15. The van der Waals surface area contributed by atoms with E-state index < -0.39 is 0 Å². The van der Waals surface area contributed by atoms with E-state index in [0.29, 0.717) is 11.1 Å². The first kappa shape index (κ1) is 15.0. The summed E-state index contributed by atoms with van der Waals surface area (Å²) in [5.74, 6) is 4.71. The van der Waals surface area contributed by atoms with E-state index in [-0.39, 0.29) is 25.0 Å². The SMILES string of the molecule is O=C(NCC(=O)N1CCCC1)c1ccncc1C#CCO. The lowest BCUT2D eigenvalue weighted by Crippen LogP contribution is -2.38. The number of carbonyl (C=O) groups excluding carboxylic acids is 2. The summed E-state index contributed by atoms with van der Waals surface area (Å²) in [6, 6.07) is 1.54. The molecular formula is C15H17N3O3. The summed E-state index contributed by atoms with van der Waals surface area (Å²) in [5, 5.41) is 11.3. The van der Waals surface area contributed by atoms with Crippen molar-refractivity contribution in [1.82, 2.24) is 15.2 Å². The summed E-state index contributed by atoms with van der Waals surface area (Å²) >= 11 is 0. The van der Waals surface area contributed by atoms with Gasteiger partial charge in [-0.2, -0.15) is 0 Å². The van der Waals surface area contributed by atoms with E-state index in [0.717, 1.165) is 25.9 Å². The van der Waals surface area contributed by atoms with Gasteiger partial charge in [0.15, 0.2) is 0 Å². The summed E-state index contributed by atoms with van der Waals surface area (Å²) in [4.78, 5) is 29.6. The molecule has 2 N–H and O–H groups in total. The zero-order chi connectivity index (χ0) is 15.1. The molecule has 0 atom stereocenters. The molecule has 0 aromatic carbocycles. The molecule has 21 heavy (non-hydrogen) atoms. The van der Waals surface area contributed by atoms with Crippen molar-refractivity contribution in [3.05, 3.63) is 29.6 Å². The molecule has 110 valence electrons. The number of aliphatic hydroxyl groups excluding tert-OH is 1. The van der Waals surface area contributed by atoms with E-state index in [1.807, 2.05) is 0 Å². The van der Waals surface area contributed by atoms with Crippen molar-refractivity contribution < 1.29 is 14.7 Å². The number of nitrogens with zero attached hydrogens (tertiary/aromatic N) is 2. The fourth-order valence-corrected chi connectivity index (χ4v) is 2.16. The number of carbonyl (C=O) groups is 2. The van der Waals surface area contributed by atoms with Gasteiger partial charge in [-0.25, -0.2) is 0 Å². The minimum Gasteiger partial charge on any atom is -0.384 e. The zero-order valence-electron chi connectivity index (χ0n) is 11.6. The highest BCUT2D eigenvalue weighted by atomic mass is 16.2. The Bertz CT molecular complexity index is 583. The van der Waals surface area contributed by atoms with Crippen molar-refractivity contribution in [2.45, 2.75) is 12.8 Å². The maximum absolute atomic E-state index is 12.1. The number of likely N-dealkylation sites (tertiary alicyclic amines) is 1. The highest BCUT2D eigenvalue weighted by Gasteiger charge is 2.19. The second-order valence-corrected chi connectivity index (χ2v) is 4.65. The molecule has 1 aliphatic rings. The standard InChI is InChI=1S/C15H17N3O3/c19-9-3-4-12-10-16-6-5-13(12)15(21)17-11-14(20)18-7-1-2-8-18/h5-6,10,19H,1-2,7-9,11H2,(H,17,21). The largest absolute Gasteiger partial charge is 0.384 e. The zero-order valence-corrected chi connectivity index (χ0v) is 11.6. The molecule has 1 aliphatic heterocycles. The van der Waals surface area contributed by atoms with Gasteiger partial charge in [0.1, 0.15) is 6.61 Å². The number of aliphatic hydroxyl groups is 1. The van der Waals surface area contributed by atoms with Crippen LogP contribution in [-0.2, 0) is 4.79 Å². The lowest BCUT2D eigenvalue weighted by molar-refractivity contribution is -0.129. The summed E-state index contributed by atoms with van der Waals surface area (Å²) in [6.45, 7) is 1.21. The fraction of sp³-hybridized carbons (Fsp3) is 0.400. The summed E-state index contributed by atoms with van der Waals surface area (Å²) in [7, 11) is 0. The Labute approximate surface area is 123 Å². The highest BCUT2D eigenvalue weighted by molar-refractivity contribution is 5.98. The molecule has 2 rings (SSSR count). The van der Waals surface area contributed by atoms with Gasteiger partial charge in [0, 0.05) is 25.5 Å². The van der Waals surface area contributed by atoms with Crippen LogP contribution in [-0.4, -0.2) is 53.0 Å². The van der Waals surface area contributed by atoms with Crippen LogP contribution in [0.3, 0.4) is 0 Å². The minimum atomic E-state index is -0.368. The topological polar surface area (TPSA) is 82.5 Å². The van der Waals surface area contributed by atoms with E-state index >= 15 is 0 Å². The second-order valence-electron chi connectivity index (χ2n) is 4.65. The Hall–Kier alpha value is -2.39. The number of pyridine rings is 1. The van der Waals surface area contributed by atoms with Crippen LogP contribution in [0.15, 0.2) is 18.5 Å². The van der Waals surface area contributed by atoms with E-state index in [9.17, 15) is 9.59 Å². The minimum absolute atomic E-state index is 0.0198. The van der Waals surface area contributed by atoms with Gasteiger partial charge in [-0.1, -0.05) is 11.8 Å². The number of nitrogens with one attached hydrogen (secondary N) is 1. The highest BCUT2D eigenvalue weighted by Crippen LogP contribution is 2.08. The second kappa shape index (κ2) is 7.41. The van der Waals surface area contributed by atoms with Crippen LogP contribution < -0.4 is 5.32 Å². The van der Waals surface area contributed by atoms with Crippen LogP contribution >= 0.6 is 0 Å². The van der Waals surface area contributed by atoms with Gasteiger partial charge in [0.2, 0.25) is 5.91 Å². The molecule has 0 spiro atoms. The maximum atomic E-state index is 12.1. The summed E-state index contributed by atoms with van der Waals surface area (Å²) in [5.41, 5.74) is 0.776. The third-order valence-corrected chi connectivity index (χ3v) is 3.23. The molecule has 6 heteroatoms. The maximum Gasteiger partial charge on any atom is 0.253 e. The molecule has 0 unspecified atom stereocenters. The lowest BCUT2D eigenvalue weighted by atomic mass is 10.1. The molecule has 1 aromatic rings. The third kappa shape index (κ3) is 4.04. The van der Waals surface area contributed by atoms with Crippen molar-refractivity contribution in [3.8, 4) is 11.8 Å². The van der Waals surface area contributed by atoms with Crippen LogP contribution in [0.5, 0.6) is 0 Å². The van der Waals surface area contributed by atoms with Gasteiger partial charge in [-0.15, -0.1) is 0 Å². The Balaban J connectivity index is 1.98. The van der Waals surface area contributed by atoms with Crippen molar-refractivity contribution in [1.29, 1.82) is 0 Å². The summed E-state index contributed by atoms with van der Waals surface area (Å²) in [6.07, 6.45) is 4.98. The number of rotatable bonds is 3. The predicted molar refractivity (Wildman–Crippen MR) is 76.3 cm³/mol. The molecule has 0 bridgehead atoms. The first-order valence-electron chi connectivity index (χ1n) is 6.82. The number of hydrogen-bond acceptors (Lipinski definition) is 4. The van der Waals surface area contributed by atoms with E-state index in [4.69, 9.17) is 5.11 Å². The van der Waals surface area contributed by atoms with Crippen LogP contribution in [0.2, 0.25) is 0 Å². The molecule has 0 aliphatic carbocycles. The van der Waals surface area contributed by atoms with Gasteiger partial charge in [0.05, 0.1) is 17.7 Å². The van der Waals surface area contributed by atoms with Crippen molar-refractivity contribution in [3.63, 3.8) is 0 Å². The van der Waals surface area contributed by atoms with E-state index in [2.05, 4.69) is 22.1 Å². The average Bonchev–Trinajstić information content (AvgIpc) is 3.05. The van der Waals surface area contributed by atoms with E-state index in [1.165, 1.54) is 18.5 Å². The molecular weight excluding hydrogens is 270 g/mol. The molecule has 1 saturated heterocycles. The average molecular weight is 287 g/mol. The van der Waals surface area contributed by atoms with Crippen LogP contribution in [0.4, 0.5) is 0 Å². The molecule has 1 fully saturated rings. The van der Waals surface area contributed by atoms with E-state index in [1.54, 1.807) is 4.90 Å². The quantitative estimate of drug-likeness (QED) is 0.753. The van der Waals surface area contributed by atoms with Crippen molar-refractivity contribution in [2.75, 3.05) is 26.2 Å². The third-order valence-electron chi connectivity index (χ3n) is 3.23. The molecule has 2 heterocycles. The smallest absolute Gasteiger partial charge is 0.253 e. The Morgan fingerprint density at radius 1 is 1.38 bits per heavy atom. The normalized spacial score (nSPS) is 13.5. The Morgan fingerprint density at radius 2 is 2.14 bits per heavy atom. The van der Waals surface area contributed by atoms with Crippen molar-refractivity contribution in [2.24, 2.45) is 0 Å². The van der Waals surface area contributed by atoms with Crippen molar-refractivity contribution >= 4 is 11.8 Å².